The highest BCUT2D eigenvalue weighted by molar-refractivity contribution is 7.47. The van der Waals surface area contributed by atoms with Gasteiger partial charge in [0.05, 0.1) is 25.9 Å². The number of phosphoric ester groups is 2. The highest BCUT2D eigenvalue weighted by Crippen LogP contribution is 2.43. The maximum Gasteiger partial charge on any atom is 0.472 e. The van der Waals surface area contributed by atoms with Gasteiger partial charge in [0.1, 0.15) is 12.7 Å². The molecule has 338 valence electrons. The number of hydrogen-bond acceptors (Lipinski definition) is 11. The third-order valence-electron chi connectivity index (χ3n) is 8.78. The molecule has 16 heteroatoms. The van der Waals surface area contributed by atoms with Gasteiger partial charge in [-0.2, -0.15) is 0 Å². The second kappa shape index (κ2) is 38.0. The summed E-state index contributed by atoms with van der Waals surface area (Å²) in [5.74, 6) is -1.12. The minimum atomic E-state index is -4.87. The molecular formula is C42H76O14P2. The third-order valence-corrected chi connectivity index (χ3v) is 10.2. The van der Waals surface area contributed by atoms with E-state index in [0.29, 0.717) is 19.3 Å². The number of ether oxygens (including phenoxy) is 2. The molecule has 0 radical (unpaired) electrons. The largest absolute Gasteiger partial charge is 0.472 e. The molecule has 0 aromatic carbocycles. The van der Waals surface area contributed by atoms with Crippen LogP contribution in [-0.2, 0) is 41.8 Å². The molecule has 1 unspecified atom stereocenters. The van der Waals surface area contributed by atoms with Crippen molar-refractivity contribution in [3.8, 4) is 0 Å². The molecule has 0 amide bonds. The summed E-state index contributed by atoms with van der Waals surface area (Å²) >= 11 is 0. The van der Waals surface area contributed by atoms with Gasteiger partial charge in [-0.3, -0.25) is 23.2 Å². The lowest BCUT2D eigenvalue weighted by atomic mass is 10.0. The summed E-state index contributed by atoms with van der Waals surface area (Å²) < 4.78 is 47.6. The molecule has 0 bridgehead atoms. The van der Waals surface area contributed by atoms with Crippen LogP contribution in [0.15, 0.2) is 48.6 Å². The van der Waals surface area contributed by atoms with Crippen LogP contribution in [-0.4, -0.2) is 81.6 Å². The van der Waals surface area contributed by atoms with Crippen LogP contribution >= 0.6 is 15.6 Å². The quantitative estimate of drug-likeness (QED) is 0.0168. The first-order valence-corrected chi connectivity index (χ1v) is 24.4. The fourth-order valence-electron chi connectivity index (χ4n) is 5.48. The van der Waals surface area contributed by atoms with Gasteiger partial charge in [-0.05, 0) is 44.9 Å². The zero-order chi connectivity index (χ0) is 43.2. The van der Waals surface area contributed by atoms with Crippen molar-refractivity contribution in [3.05, 3.63) is 48.6 Å². The Morgan fingerprint density at radius 1 is 0.552 bits per heavy atom. The number of allylic oxidation sites excluding steroid dienone is 7. The smallest absolute Gasteiger partial charge is 0.462 e. The van der Waals surface area contributed by atoms with Gasteiger partial charge in [-0.1, -0.05) is 152 Å². The molecular weight excluding hydrogens is 790 g/mol. The van der Waals surface area contributed by atoms with Crippen molar-refractivity contribution in [2.75, 3.05) is 26.4 Å². The summed E-state index contributed by atoms with van der Waals surface area (Å²) in [6.07, 6.45) is 34.5. The Hall–Kier alpha value is -1.96. The van der Waals surface area contributed by atoms with E-state index in [9.17, 15) is 33.8 Å². The van der Waals surface area contributed by atoms with E-state index in [1.165, 1.54) is 57.8 Å². The van der Waals surface area contributed by atoms with Crippen LogP contribution < -0.4 is 0 Å². The fourth-order valence-corrected chi connectivity index (χ4v) is 6.63. The number of aliphatic hydroxyl groups excluding tert-OH is 2. The van der Waals surface area contributed by atoms with Crippen LogP contribution in [0.5, 0.6) is 0 Å². The number of rotatable bonds is 40. The molecule has 0 aromatic heterocycles. The van der Waals surface area contributed by atoms with Gasteiger partial charge < -0.3 is 34.4 Å². The molecule has 0 saturated heterocycles. The normalized spacial score (nSPS) is 15.1. The molecule has 0 aliphatic rings. The number of aliphatic hydroxyl groups is 2. The predicted octanol–water partition coefficient (Wildman–Crippen LogP) is 9.64. The zero-order valence-corrected chi connectivity index (χ0v) is 37.0. The summed E-state index contributed by atoms with van der Waals surface area (Å²) in [5, 5.41) is 19.5. The van der Waals surface area contributed by atoms with Gasteiger partial charge in [0.15, 0.2) is 6.10 Å². The molecule has 0 rings (SSSR count). The fraction of sp³-hybridized carbons (Fsp3) is 0.762. The first-order chi connectivity index (χ1) is 27.8. The molecule has 14 nitrogen and oxygen atoms in total. The van der Waals surface area contributed by atoms with E-state index < -0.39 is 66.2 Å². The van der Waals surface area contributed by atoms with Gasteiger partial charge >= 0.3 is 27.6 Å². The van der Waals surface area contributed by atoms with Gasteiger partial charge in [-0.25, -0.2) is 9.13 Å². The van der Waals surface area contributed by atoms with Crippen molar-refractivity contribution in [1.82, 2.24) is 0 Å². The van der Waals surface area contributed by atoms with E-state index in [1.54, 1.807) is 0 Å². The van der Waals surface area contributed by atoms with E-state index >= 15 is 0 Å². The standard InChI is InChI=1S/C42H76O14P2/c1-3-5-7-8-9-10-11-12-17-20-23-26-29-33-42(46)56-40(37-55-58(50,51)54-35-39(44)34-53-57(47,48)49)36-52-41(45)32-28-25-22-19-16-14-13-15-18-21-24-27-31-38(43)30-6-4-2/h13-14,18-19,21-22,27,31,38-40,43-44H,3-12,15-17,20,23-26,28-30,32-37H2,1-2H3,(H,50,51)(H2,47,48,49)/b14-13-,21-18-,22-19-,31-27-/t38-,39-,40+/m0/s1. The maximum absolute atomic E-state index is 12.6. The molecule has 4 atom stereocenters. The number of carbonyl (C=O) groups is 2. The van der Waals surface area contributed by atoms with Crippen molar-refractivity contribution >= 4 is 27.6 Å². The van der Waals surface area contributed by atoms with Gasteiger partial charge in [0.25, 0.3) is 0 Å². The lowest BCUT2D eigenvalue weighted by Gasteiger charge is -2.20. The minimum Gasteiger partial charge on any atom is -0.462 e. The monoisotopic (exact) mass is 866 g/mol. The Morgan fingerprint density at radius 3 is 1.60 bits per heavy atom. The molecule has 0 aliphatic heterocycles. The maximum atomic E-state index is 12.6. The Morgan fingerprint density at radius 2 is 1.03 bits per heavy atom. The van der Waals surface area contributed by atoms with Crippen LogP contribution in [0, 0.1) is 0 Å². The van der Waals surface area contributed by atoms with Gasteiger partial charge in [-0.15, -0.1) is 0 Å². The van der Waals surface area contributed by atoms with E-state index in [4.69, 9.17) is 23.8 Å². The molecule has 0 fully saturated rings. The molecule has 58 heavy (non-hydrogen) atoms. The molecule has 0 spiro atoms. The summed E-state index contributed by atoms with van der Waals surface area (Å²) in [7, 11) is -9.69. The van der Waals surface area contributed by atoms with E-state index in [1.807, 2.05) is 24.3 Å². The van der Waals surface area contributed by atoms with Crippen molar-refractivity contribution in [2.45, 2.75) is 180 Å². The predicted molar refractivity (Wildman–Crippen MR) is 227 cm³/mol. The Bertz CT molecular complexity index is 1230. The topological polar surface area (TPSA) is 216 Å². The summed E-state index contributed by atoms with van der Waals surface area (Å²) in [4.78, 5) is 52.6. The molecule has 0 heterocycles. The average Bonchev–Trinajstić information content (AvgIpc) is 3.18. The lowest BCUT2D eigenvalue weighted by Crippen LogP contribution is -2.30. The summed E-state index contributed by atoms with van der Waals surface area (Å²) in [6, 6.07) is 0. The zero-order valence-electron chi connectivity index (χ0n) is 35.2. The average molecular weight is 867 g/mol. The van der Waals surface area contributed by atoms with E-state index in [2.05, 4.69) is 47.2 Å². The SMILES string of the molecule is CCCCCCCCCCCCCCCC(=O)O[C@H](COC(=O)CCC/C=C\C/C=C\C/C=C\C/C=C\[C@@H](O)CCCC)COP(=O)(O)OC[C@@H](O)COP(=O)(O)O. The van der Waals surface area contributed by atoms with Crippen LogP contribution in [0.2, 0.25) is 0 Å². The highest BCUT2D eigenvalue weighted by Gasteiger charge is 2.28. The highest BCUT2D eigenvalue weighted by atomic mass is 31.2. The summed E-state index contributed by atoms with van der Waals surface area (Å²) in [6.45, 7) is 1.53. The Labute approximate surface area is 348 Å². The number of esters is 2. The Balaban J connectivity index is 4.63. The van der Waals surface area contributed by atoms with Crippen LogP contribution in [0.25, 0.3) is 0 Å². The van der Waals surface area contributed by atoms with Crippen molar-refractivity contribution in [1.29, 1.82) is 0 Å². The number of hydrogen-bond donors (Lipinski definition) is 5. The van der Waals surface area contributed by atoms with Crippen molar-refractivity contribution < 1.29 is 66.7 Å². The molecule has 0 aliphatic carbocycles. The van der Waals surface area contributed by atoms with Crippen LogP contribution in [0.3, 0.4) is 0 Å². The summed E-state index contributed by atoms with van der Waals surface area (Å²) in [5.41, 5.74) is 0. The van der Waals surface area contributed by atoms with Crippen molar-refractivity contribution in [2.24, 2.45) is 0 Å². The molecule has 5 N–H and O–H groups in total. The number of carbonyl (C=O) groups excluding carboxylic acids is 2. The first-order valence-electron chi connectivity index (χ1n) is 21.4. The first kappa shape index (κ1) is 56.0. The van der Waals surface area contributed by atoms with Crippen LogP contribution in [0.4, 0.5) is 0 Å². The van der Waals surface area contributed by atoms with E-state index in [0.717, 1.165) is 57.8 Å². The lowest BCUT2D eigenvalue weighted by molar-refractivity contribution is -0.161. The van der Waals surface area contributed by atoms with Gasteiger partial charge in [0.2, 0.25) is 0 Å². The second-order valence-electron chi connectivity index (χ2n) is 14.4. The van der Waals surface area contributed by atoms with E-state index in [-0.39, 0.29) is 18.9 Å². The minimum absolute atomic E-state index is 0.103. The Kier molecular flexibility index (Phi) is 36.7. The number of unbranched alkanes of at least 4 members (excludes halogenated alkanes) is 14. The third kappa shape index (κ3) is 40.8. The van der Waals surface area contributed by atoms with Crippen molar-refractivity contribution in [3.63, 3.8) is 0 Å². The number of phosphoric acid groups is 2. The molecule has 0 saturated carbocycles. The second-order valence-corrected chi connectivity index (χ2v) is 17.1. The van der Waals surface area contributed by atoms with Crippen LogP contribution in [0.1, 0.15) is 162 Å². The van der Waals surface area contributed by atoms with Gasteiger partial charge in [0, 0.05) is 12.8 Å². The molecule has 0 aromatic rings.